The number of aliphatic hydroxyl groups is 3. The molecule has 3 saturated carbocycles. The number of hydrogen-bond acceptors (Lipinski definition) is 3. The monoisotopic (exact) mass is 320 g/mol. The lowest BCUT2D eigenvalue weighted by atomic mass is 9.46. The standard InChI is InChI=1S/C20H32O3/c1-18-8-6-13(21)10-12(18)4-5-14-15-7-9-20(3,23)19(15,2)11-16(22)17(14)18/h4,13-17,21-23H,5-11H2,1-3H3/t13-,14-,15-,16-,17+,18-,19-,20-/m0/s1. The Morgan fingerprint density at radius 1 is 1.09 bits per heavy atom. The first-order chi connectivity index (χ1) is 10.7. The third-order valence-corrected chi connectivity index (χ3v) is 8.57. The molecule has 0 aromatic rings. The maximum Gasteiger partial charge on any atom is 0.0676 e. The van der Waals surface area contributed by atoms with Crippen molar-refractivity contribution in [2.24, 2.45) is 28.6 Å². The molecular formula is C20H32O3. The first kappa shape index (κ1) is 16.1. The molecule has 0 radical (unpaired) electrons. The molecule has 23 heavy (non-hydrogen) atoms. The molecule has 130 valence electrons. The molecule has 4 rings (SSSR count). The number of hydrogen-bond donors (Lipinski definition) is 3. The summed E-state index contributed by atoms with van der Waals surface area (Å²) in [7, 11) is 0. The maximum absolute atomic E-state index is 11.1. The van der Waals surface area contributed by atoms with E-state index in [2.05, 4.69) is 19.9 Å². The number of aliphatic hydroxyl groups excluding tert-OH is 2. The first-order valence-corrected chi connectivity index (χ1v) is 9.47. The minimum atomic E-state index is -0.655. The van der Waals surface area contributed by atoms with Crippen molar-refractivity contribution in [2.75, 3.05) is 0 Å². The van der Waals surface area contributed by atoms with Gasteiger partial charge in [-0.3, -0.25) is 0 Å². The van der Waals surface area contributed by atoms with Gasteiger partial charge in [0.05, 0.1) is 17.8 Å². The largest absolute Gasteiger partial charge is 0.393 e. The van der Waals surface area contributed by atoms with Gasteiger partial charge in [-0.05, 0) is 75.0 Å². The zero-order valence-electron chi connectivity index (χ0n) is 14.8. The molecule has 0 unspecified atom stereocenters. The van der Waals surface area contributed by atoms with Gasteiger partial charge in [0.25, 0.3) is 0 Å². The van der Waals surface area contributed by atoms with Crippen LogP contribution in [0, 0.1) is 28.6 Å². The zero-order chi connectivity index (χ0) is 16.6. The Hall–Kier alpha value is -0.380. The molecule has 0 spiro atoms. The second-order valence-corrected chi connectivity index (χ2v) is 9.58. The normalized spacial score (nSPS) is 58.9. The summed E-state index contributed by atoms with van der Waals surface area (Å²) in [4.78, 5) is 0. The fraction of sp³-hybridized carbons (Fsp3) is 0.900. The zero-order valence-corrected chi connectivity index (χ0v) is 14.8. The minimum absolute atomic E-state index is 0.0390. The Morgan fingerprint density at radius 3 is 2.57 bits per heavy atom. The highest BCUT2D eigenvalue weighted by Gasteiger charge is 2.64. The van der Waals surface area contributed by atoms with Crippen LogP contribution in [0.1, 0.15) is 65.7 Å². The summed E-state index contributed by atoms with van der Waals surface area (Å²) in [6.07, 6.45) is 8.11. The van der Waals surface area contributed by atoms with Crippen molar-refractivity contribution in [3.8, 4) is 0 Å². The second-order valence-electron chi connectivity index (χ2n) is 9.58. The van der Waals surface area contributed by atoms with Crippen molar-refractivity contribution in [3.05, 3.63) is 11.6 Å². The van der Waals surface area contributed by atoms with Crippen molar-refractivity contribution in [1.29, 1.82) is 0 Å². The van der Waals surface area contributed by atoms with Gasteiger partial charge in [-0.15, -0.1) is 0 Å². The maximum atomic E-state index is 11.1. The highest BCUT2D eigenvalue weighted by Crippen LogP contribution is 2.66. The van der Waals surface area contributed by atoms with Gasteiger partial charge in [-0.2, -0.15) is 0 Å². The number of allylic oxidation sites excluding steroid dienone is 1. The van der Waals surface area contributed by atoms with Crippen LogP contribution >= 0.6 is 0 Å². The smallest absolute Gasteiger partial charge is 0.0676 e. The van der Waals surface area contributed by atoms with Crippen molar-refractivity contribution in [2.45, 2.75) is 83.5 Å². The van der Waals surface area contributed by atoms with Gasteiger partial charge in [0, 0.05) is 5.41 Å². The molecule has 0 amide bonds. The third kappa shape index (κ3) is 1.99. The summed E-state index contributed by atoms with van der Waals surface area (Å²) in [5, 5.41) is 32.1. The van der Waals surface area contributed by atoms with E-state index in [1.165, 1.54) is 5.57 Å². The molecule has 0 bridgehead atoms. The van der Waals surface area contributed by atoms with E-state index < -0.39 is 5.60 Å². The number of fused-ring (bicyclic) bond motifs is 5. The van der Waals surface area contributed by atoms with Crippen molar-refractivity contribution in [3.63, 3.8) is 0 Å². The summed E-state index contributed by atoms with van der Waals surface area (Å²) >= 11 is 0. The van der Waals surface area contributed by atoms with E-state index in [0.717, 1.165) is 44.9 Å². The summed E-state index contributed by atoms with van der Waals surface area (Å²) < 4.78 is 0. The molecule has 3 nitrogen and oxygen atoms in total. The van der Waals surface area contributed by atoms with Crippen LogP contribution in [-0.2, 0) is 0 Å². The molecule has 0 aromatic heterocycles. The summed E-state index contributed by atoms with van der Waals surface area (Å²) in [5.41, 5.74) is 0.600. The summed E-state index contributed by atoms with van der Waals surface area (Å²) in [5.74, 6) is 1.27. The highest BCUT2D eigenvalue weighted by atomic mass is 16.3. The molecule has 0 saturated heterocycles. The quantitative estimate of drug-likeness (QED) is 0.601. The lowest BCUT2D eigenvalue weighted by molar-refractivity contribution is -0.162. The van der Waals surface area contributed by atoms with Gasteiger partial charge >= 0.3 is 0 Å². The Morgan fingerprint density at radius 2 is 1.83 bits per heavy atom. The van der Waals surface area contributed by atoms with Crippen molar-refractivity contribution in [1.82, 2.24) is 0 Å². The Labute approximate surface area is 139 Å². The molecule has 3 heteroatoms. The van der Waals surface area contributed by atoms with Gasteiger partial charge in [0.2, 0.25) is 0 Å². The van der Waals surface area contributed by atoms with Gasteiger partial charge in [-0.1, -0.05) is 25.5 Å². The van der Waals surface area contributed by atoms with Gasteiger partial charge in [0.15, 0.2) is 0 Å². The van der Waals surface area contributed by atoms with Crippen LogP contribution in [0.3, 0.4) is 0 Å². The highest BCUT2D eigenvalue weighted by molar-refractivity contribution is 5.27. The van der Waals surface area contributed by atoms with E-state index in [-0.39, 0.29) is 23.0 Å². The third-order valence-electron chi connectivity index (χ3n) is 8.57. The van der Waals surface area contributed by atoms with E-state index >= 15 is 0 Å². The Bertz CT molecular complexity index is 539. The van der Waals surface area contributed by atoms with Crippen LogP contribution in [-0.4, -0.2) is 33.1 Å². The molecule has 4 aliphatic carbocycles. The predicted molar refractivity (Wildman–Crippen MR) is 89.7 cm³/mol. The van der Waals surface area contributed by atoms with Gasteiger partial charge in [-0.25, -0.2) is 0 Å². The lowest BCUT2D eigenvalue weighted by Crippen LogP contribution is -2.59. The second kappa shape index (κ2) is 4.83. The van der Waals surface area contributed by atoms with Crippen LogP contribution in [0.25, 0.3) is 0 Å². The fourth-order valence-electron chi connectivity index (χ4n) is 6.99. The van der Waals surface area contributed by atoms with Crippen LogP contribution < -0.4 is 0 Å². The topological polar surface area (TPSA) is 60.7 Å². The molecule has 0 heterocycles. The van der Waals surface area contributed by atoms with Crippen LogP contribution in [0.15, 0.2) is 11.6 Å². The lowest BCUT2D eigenvalue weighted by Gasteiger charge is -2.60. The van der Waals surface area contributed by atoms with Crippen LogP contribution in [0.2, 0.25) is 0 Å². The Kier molecular flexibility index (Phi) is 3.38. The van der Waals surface area contributed by atoms with Crippen molar-refractivity contribution >= 4 is 0 Å². The molecule has 3 N–H and O–H groups in total. The van der Waals surface area contributed by atoms with E-state index in [9.17, 15) is 15.3 Å². The molecule has 8 atom stereocenters. The van der Waals surface area contributed by atoms with Gasteiger partial charge in [0.1, 0.15) is 0 Å². The van der Waals surface area contributed by atoms with E-state index in [1.807, 2.05) is 6.92 Å². The molecular weight excluding hydrogens is 288 g/mol. The van der Waals surface area contributed by atoms with E-state index in [1.54, 1.807) is 0 Å². The molecule has 3 fully saturated rings. The Balaban J connectivity index is 1.74. The van der Waals surface area contributed by atoms with E-state index in [0.29, 0.717) is 17.8 Å². The minimum Gasteiger partial charge on any atom is -0.393 e. The predicted octanol–water partition coefficient (Wildman–Crippen LogP) is 3.03. The van der Waals surface area contributed by atoms with Crippen LogP contribution in [0.5, 0.6) is 0 Å². The van der Waals surface area contributed by atoms with Gasteiger partial charge < -0.3 is 15.3 Å². The first-order valence-electron chi connectivity index (χ1n) is 9.47. The van der Waals surface area contributed by atoms with Crippen LogP contribution in [0.4, 0.5) is 0 Å². The molecule has 0 aromatic carbocycles. The van der Waals surface area contributed by atoms with E-state index in [4.69, 9.17) is 0 Å². The summed E-state index contributed by atoms with van der Waals surface area (Å²) in [6.45, 7) is 6.50. The summed E-state index contributed by atoms with van der Waals surface area (Å²) in [6, 6.07) is 0. The fourth-order valence-corrected chi connectivity index (χ4v) is 6.99. The average Bonchev–Trinajstić information content (AvgIpc) is 2.69. The molecule has 0 aliphatic heterocycles. The van der Waals surface area contributed by atoms with Crippen molar-refractivity contribution < 1.29 is 15.3 Å². The molecule has 4 aliphatic rings. The average molecular weight is 320 g/mol. The number of rotatable bonds is 0. The SMILES string of the molecule is C[C@]12CC[C@H](O)CC1=CC[C@@H]1[C@@H]2[C@@H](O)C[C@@]2(C)[C@H]1CC[C@]2(C)O.